The molecule has 3 heterocycles. The first-order chi connectivity index (χ1) is 12.6. The summed E-state index contributed by atoms with van der Waals surface area (Å²) in [6, 6.07) is 10.5. The summed E-state index contributed by atoms with van der Waals surface area (Å²) in [5, 5.41) is 7.05. The standard InChI is InChI=1S/C20H26N4O2/c1-14(2)26-18-5-3-15(4-6-18)17-12-24(13-17)20(25)23-10-8-16(11-23)19-7-9-21-22-19/h3-7,9,14,16-17H,8,10-13H2,1-2H3,(H,21,22)/t16-/m0/s1. The Bertz CT molecular complexity index is 736. The van der Waals surface area contributed by atoms with E-state index in [2.05, 4.69) is 22.3 Å². The smallest absolute Gasteiger partial charge is 0.320 e. The number of aromatic amines is 1. The summed E-state index contributed by atoms with van der Waals surface area (Å²) in [6.07, 6.45) is 2.96. The lowest BCUT2D eigenvalue weighted by atomic mass is 9.92. The average molecular weight is 354 g/mol. The van der Waals surface area contributed by atoms with Gasteiger partial charge in [-0.15, -0.1) is 0 Å². The van der Waals surface area contributed by atoms with Crippen molar-refractivity contribution in [2.45, 2.75) is 38.2 Å². The lowest BCUT2D eigenvalue weighted by molar-refractivity contribution is 0.121. The first-order valence-corrected chi connectivity index (χ1v) is 9.40. The summed E-state index contributed by atoms with van der Waals surface area (Å²) in [7, 11) is 0. The van der Waals surface area contributed by atoms with E-state index in [-0.39, 0.29) is 12.1 Å². The molecular formula is C20H26N4O2. The molecule has 2 aliphatic heterocycles. The van der Waals surface area contributed by atoms with E-state index in [1.54, 1.807) is 6.20 Å². The van der Waals surface area contributed by atoms with Gasteiger partial charge in [-0.05, 0) is 44.0 Å². The van der Waals surface area contributed by atoms with Gasteiger partial charge < -0.3 is 14.5 Å². The highest BCUT2D eigenvalue weighted by molar-refractivity contribution is 5.76. The molecule has 1 atom stereocenters. The van der Waals surface area contributed by atoms with Crippen LogP contribution >= 0.6 is 0 Å². The number of rotatable bonds is 4. The largest absolute Gasteiger partial charge is 0.491 e. The number of ether oxygens (including phenoxy) is 1. The number of benzene rings is 1. The minimum absolute atomic E-state index is 0.169. The topological polar surface area (TPSA) is 61.5 Å². The van der Waals surface area contributed by atoms with E-state index in [4.69, 9.17) is 4.74 Å². The third kappa shape index (κ3) is 3.41. The molecule has 1 aromatic heterocycles. The molecular weight excluding hydrogens is 328 g/mol. The maximum Gasteiger partial charge on any atom is 0.320 e. The molecule has 0 spiro atoms. The molecule has 0 bridgehead atoms. The van der Waals surface area contributed by atoms with Crippen LogP contribution in [-0.2, 0) is 0 Å². The van der Waals surface area contributed by atoms with Gasteiger partial charge in [0.1, 0.15) is 5.75 Å². The number of urea groups is 1. The van der Waals surface area contributed by atoms with Crippen LogP contribution < -0.4 is 4.74 Å². The molecule has 0 radical (unpaired) electrons. The van der Waals surface area contributed by atoms with Crippen molar-refractivity contribution in [1.82, 2.24) is 20.0 Å². The molecule has 0 saturated carbocycles. The van der Waals surface area contributed by atoms with E-state index in [0.29, 0.717) is 11.8 Å². The van der Waals surface area contributed by atoms with Crippen LogP contribution in [-0.4, -0.2) is 58.3 Å². The summed E-state index contributed by atoms with van der Waals surface area (Å²) in [5.41, 5.74) is 2.41. The van der Waals surface area contributed by atoms with Gasteiger partial charge in [0.2, 0.25) is 0 Å². The Morgan fingerprint density at radius 3 is 2.50 bits per heavy atom. The molecule has 26 heavy (non-hydrogen) atoms. The summed E-state index contributed by atoms with van der Waals surface area (Å²) < 4.78 is 5.69. The van der Waals surface area contributed by atoms with Crippen LogP contribution in [0.5, 0.6) is 5.75 Å². The van der Waals surface area contributed by atoms with Crippen molar-refractivity contribution in [2.75, 3.05) is 26.2 Å². The van der Waals surface area contributed by atoms with Crippen LogP contribution in [0, 0.1) is 0 Å². The quantitative estimate of drug-likeness (QED) is 0.917. The van der Waals surface area contributed by atoms with Gasteiger partial charge in [0.25, 0.3) is 0 Å². The van der Waals surface area contributed by atoms with E-state index in [1.165, 1.54) is 5.56 Å². The summed E-state index contributed by atoms with van der Waals surface area (Å²) in [5.74, 6) is 1.71. The fourth-order valence-corrected chi connectivity index (χ4v) is 3.82. The first kappa shape index (κ1) is 16.9. The minimum Gasteiger partial charge on any atom is -0.491 e. The monoisotopic (exact) mass is 354 g/mol. The first-order valence-electron chi connectivity index (χ1n) is 9.40. The number of hydrogen-bond acceptors (Lipinski definition) is 3. The Labute approximate surface area is 154 Å². The van der Waals surface area contributed by atoms with Gasteiger partial charge in [-0.25, -0.2) is 4.79 Å². The van der Waals surface area contributed by atoms with Gasteiger partial charge in [-0.1, -0.05) is 12.1 Å². The Morgan fingerprint density at radius 1 is 1.12 bits per heavy atom. The maximum absolute atomic E-state index is 12.7. The van der Waals surface area contributed by atoms with Crippen LogP contribution in [0.1, 0.15) is 43.4 Å². The normalized spacial score (nSPS) is 20.5. The summed E-state index contributed by atoms with van der Waals surface area (Å²) in [4.78, 5) is 16.6. The summed E-state index contributed by atoms with van der Waals surface area (Å²) in [6.45, 7) is 7.26. The third-order valence-corrected chi connectivity index (χ3v) is 5.30. The highest BCUT2D eigenvalue weighted by Crippen LogP contribution is 2.32. The second kappa shape index (κ2) is 7.02. The number of aromatic nitrogens is 2. The van der Waals surface area contributed by atoms with E-state index in [1.807, 2.05) is 41.8 Å². The van der Waals surface area contributed by atoms with Gasteiger partial charge in [0.15, 0.2) is 0 Å². The minimum atomic E-state index is 0.169. The molecule has 0 aliphatic carbocycles. The SMILES string of the molecule is CC(C)Oc1ccc(C2CN(C(=O)N3CC[C@H](c4ccn[nH]4)C3)C2)cc1. The number of carbonyl (C=O) groups is 1. The molecule has 4 rings (SSSR count). The van der Waals surface area contributed by atoms with Crippen LogP contribution in [0.2, 0.25) is 0 Å². The molecule has 138 valence electrons. The Morgan fingerprint density at radius 2 is 1.85 bits per heavy atom. The Balaban J connectivity index is 1.28. The van der Waals surface area contributed by atoms with Crippen LogP contribution in [0.25, 0.3) is 0 Å². The Kier molecular flexibility index (Phi) is 4.57. The number of amides is 2. The number of nitrogens with one attached hydrogen (secondary N) is 1. The van der Waals surface area contributed by atoms with Crippen LogP contribution in [0.4, 0.5) is 4.79 Å². The molecule has 2 saturated heterocycles. The zero-order chi connectivity index (χ0) is 18.1. The molecule has 6 nitrogen and oxygen atoms in total. The predicted octanol–water partition coefficient (Wildman–Crippen LogP) is 3.21. The van der Waals surface area contributed by atoms with E-state index in [0.717, 1.165) is 44.0 Å². The predicted molar refractivity (Wildman–Crippen MR) is 99.4 cm³/mol. The highest BCUT2D eigenvalue weighted by Gasteiger charge is 2.37. The van der Waals surface area contributed by atoms with Crippen molar-refractivity contribution in [1.29, 1.82) is 0 Å². The number of H-pyrrole nitrogens is 1. The van der Waals surface area contributed by atoms with Crippen molar-refractivity contribution >= 4 is 6.03 Å². The van der Waals surface area contributed by atoms with Crippen molar-refractivity contribution < 1.29 is 9.53 Å². The van der Waals surface area contributed by atoms with Crippen LogP contribution in [0.3, 0.4) is 0 Å². The van der Waals surface area contributed by atoms with Gasteiger partial charge in [-0.2, -0.15) is 5.10 Å². The zero-order valence-electron chi connectivity index (χ0n) is 15.4. The molecule has 2 aromatic rings. The van der Waals surface area contributed by atoms with E-state index in [9.17, 15) is 4.79 Å². The average Bonchev–Trinajstić information content (AvgIpc) is 3.25. The zero-order valence-corrected chi connectivity index (χ0v) is 15.4. The second-order valence-electron chi connectivity index (χ2n) is 7.56. The highest BCUT2D eigenvalue weighted by atomic mass is 16.5. The Hall–Kier alpha value is -2.50. The van der Waals surface area contributed by atoms with Crippen molar-refractivity contribution in [3.63, 3.8) is 0 Å². The van der Waals surface area contributed by atoms with E-state index < -0.39 is 0 Å². The van der Waals surface area contributed by atoms with Crippen molar-refractivity contribution in [3.05, 3.63) is 47.8 Å². The van der Waals surface area contributed by atoms with Crippen molar-refractivity contribution in [2.24, 2.45) is 0 Å². The fourth-order valence-electron chi connectivity index (χ4n) is 3.82. The lowest BCUT2D eigenvalue weighted by Crippen LogP contribution is -2.53. The molecule has 1 N–H and O–H groups in total. The molecule has 2 aliphatic rings. The van der Waals surface area contributed by atoms with Gasteiger partial charge in [-0.3, -0.25) is 5.10 Å². The number of hydrogen-bond donors (Lipinski definition) is 1. The molecule has 2 fully saturated rings. The molecule has 0 unspecified atom stereocenters. The molecule has 6 heteroatoms. The molecule has 2 amide bonds. The molecule has 1 aromatic carbocycles. The van der Waals surface area contributed by atoms with Gasteiger partial charge >= 0.3 is 6.03 Å². The third-order valence-electron chi connectivity index (χ3n) is 5.30. The van der Waals surface area contributed by atoms with Crippen molar-refractivity contribution in [3.8, 4) is 5.75 Å². The van der Waals surface area contributed by atoms with E-state index >= 15 is 0 Å². The fraction of sp³-hybridized carbons (Fsp3) is 0.500. The lowest BCUT2D eigenvalue weighted by Gasteiger charge is -2.41. The van der Waals surface area contributed by atoms with Crippen LogP contribution in [0.15, 0.2) is 36.5 Å². The maximum atomic E-state index is 12.7. The second-order valence-corrected chi connectivity index (χ2v) is 7.56. The van der Waals surface area contributed by atoms with Gasteiger partial charge in [0.05, 0.1) is 6.10 Å². The number of nitrogens with zero attached hydrogens (tertiary/aromatic N) is 3. The summed E-state index contributed by atoms with van der Waals surface area (Å²) >= 11 is 0. The number of carbonyl (C=O) groups excluding carboxylic acids is 1. The number of likely N-dealkylation sites (tertiary alicyclic amines) is 2. The van der Waals surface area contributed by atoms with Gasteiger partial charge in [0, 0.05) is 49.9 Å².